The minimum absolute atomic E-state index is 0.136. The summed E-state index contributed by atoms with van der Waals surface area (Å²) in [6, 6.07) is 15.4. The summed E-state index contributed by atoms with van der Waals surface area (Å²) in [5, 5.41) is 3.81. The molecule has 1 N–H and O–H groups in total. The highest BCUT2D eigenvalue weighted by atomic mass is 35.5. The summed E-state index contributed by atoms with van der Waals surface area (Å²) in [6.45, 7) is 1.23. The van der Waals surface area contributed by atoms with Gasteiger partial charge in [0.1, 0.15) is 6.54 Å². The zero-order valence-corrected chi connectivity index (χ0v) is 16.5. The third kappa shape index (κ3) is 3.89. The van der Waals surface area contributed by atoms with Gasteiger partial charge in [-0.05, 0) is 31.0 Å². The molecule has 0 bridgehead atoms. The van der Waals surface area contributed by atoms with Crippen molar-refractivity contribution in [2.24, 2.45) is 0 Å². The van der Waals surface area contributed by atoms with Crippen LogP contribution in [0.3, 0.4) is 0 Å². The number of hydrogen-bond acceptors (Lipinski definition) is 3. The Bertz CT molecular complexity index is 1150. The molecule has 6 nitrogen and oxygen atoms in total. The lowest BCUT2D eigenvalue weighted by molar-refractivity contribution is -0.116. The van der Waals surface area contributed by atoms with E-state index in [1.165, 1.54) is 10.6 Å². The number of para-hydroxylation sites is 2. The highest BCUT2D eigenvalue weighted by Crippen LogP contribution is 2.22. The minimum Gasteiger partial charge on any atom is -0.339 e. The van der Waals surface area contributed by atoms with E-state index in [0.29, 0.717) is 40.3 Å². The summed E-state index contributed by atoms with van der Waals surface area (Å²) < 4.78 is 1.38. The number of pyridine rings is 1. The van der Waals surface area contributed by atoms with Crippen molar-refractivity contribution in [1.29, 1.82) is 0 Å². The summed E-state index contributed by atoms with van der Waals surface area (Å²) in [7, 11) is 0. The molecule has 3 aromatic rings. The molecule has 148 valence electrons. The molecule has 0 aliphatic carbocycles. The monoisotopic (exact) mass is 409 g/mol. The zero-order chi connectivity index (χ0) is 20.4. The number of benzene rings is 2. The number of anilines is 1. The lowest BCUT2D eigenvalue weighted by Gasteiger charge is -2.18. The van der Waals surface area contributed by atoms with Crippen LogP contribution in [0.2, 0.25) is 5.02 Å². The number of carbonyl (C=O) groups is 2. The standard InChI is InChI=1S/C22H20ClN3O3/c23-17-8-2-3-9-18(17)24-20(27)14-26-19-10-4-1-7-15(19)16(13-21(26)28)22(29)25-11-5-6-12-25/h1-4,7-10,13H,5-6,11-12,14H2,(H,24,27). The van der Waals surface area contributed by atoms with Crippen molar-refractivity contribution in [3.63, 3.8) is 0 Å². The average molecular weight is 410 g/mol. The Hall–Kier alpha value is -3.12. The van der Waals surface area contributed by atoms with Crippen LogP contribution in [0.5, 0.6) is 0 Å². The molecule has 1 fully saturated rings. The van der Waals surface area contributed by atoms with Crippen LogP contribution in [0, 0.1) is 0 Å². The molecule has 0 radical (unpaired) electrons. The summed E-state index contributed by atoms with van der Waals surface area (Å²) in [4.78, 5) is 40.1. The molecule has 2 heterocycles. The molecular formula is C22H20ClN3O3. The highest BCUT2D eigenvalue weighted by Gasteiger charge is 2.23. The van der Waals surface area contributed by atoms with E-state index in [2.05, 4.69) is 5.32 Å². The largest absolute Gasteiger partial charge is 0.339 e. The number of halogens is 1. The van der Waals surface area contributed by atoms with E-state index in [1.54, 1.807) is 47.4 Å². The molecule has 7 heteroatoms. The van der Waals surface area contributed by atoms with Crippen LogP contribution in [-0.4, -0.2) is 34.4 Å². The number of amides is 2. The maximum Gasteiger partial charge on any atom is 0.254 e. The van der Waals surface area contributed by atoms with Crippen molar-refractivity contribution in [3.05, 3.63) is 75.5 Å². The number of carbonyl (C=O) groups excluding carboxylic acids is 2. The van der Waals surface area contributed by atoms with E-state index >= 15 is 0 Å². The molecule has 2 aromatic carbocycles. The van der Waals surface area contributed by atoms with E-state index in [9.17, 15) is 14.4 Å². The second kappa shape index (κ2) is 8.09. The molecule has 1 saturated heterocycles. The van der Waals surface area contributed by atoms with E-state index < -0.39 is 0 Å². The summed E-state index contributed by atoms with van der Waals surface area (Å²) in [5.74, 6) is -0.507. The number of fused-ring (bicyclic) bond motifs is 1. The minimum atomic E-state index is -0.388. The van der Waals surface area contributed by atoms with Crippen molar-refractivity contribution in [1.82, 2.24) is 9.47 Å². The number of hydrogen-bond donors (Lipinski definition) is 1. The Morgan fingerprint density at radius 3 is 2.45 bits per heavy atom. The quantitative estimate of drug-likeness (QED) is 0.716. The van der Waals surface area contributed by atoms with Crippen LogP contribution in [0.4, 0.5) is 5.69 Å². The van der Waals surface area contributed by atoms with Crippen molar-refractivity contribution in [3.8, 4) is 0 Å². The van der Waals surface area contributed by atoms with Gasteiger partial charge in [0.25, 0.3) is 11.5 Å². The third-order valence-electron chi connectivity index (χ3n) is 5.09. The number of aromatic nitrogens is 1. The number of nitrogens with one attached hydrogen (secondary N) is 1. The van der Waals surface area contributed by atoms with Crippen LogP contribution in [0.15, 0.2) is 59.4 Å². The predicted molar refractivity (Wildman–Crippen MR) is 113 cm³/mol. The van der Waals surface area contributed by atoms with Gasteiger partial charge in [0, 0.05) is 24.5 Å². The molecule has 0 atom stereocenters. The zero-order valence-electron chi connectivity index (χ0n) is 15.7. The SMILES string of the molecule is O=C(Cn1c(=O)cc(C(=O)N2CCCC2)c2ccccc21)Nc1ccccc1Cl. The van der Waals surface area contributed by atoms with Gasteiger partial charge in [0.15, 0.2) is 0 Å². The molecule has 1 aromatic heterocycles. The van der Waals surface area contributed by atoms with Gasteiger partial charge in [0.05, 0.1) is 21.8 Å². The van der Waals surface area contributed by atoms with Crippen LogP contribution in [0.25, 0.3) is 10.9 Å². The first-order valence-electron chi connectivity index (χ1n) is 9.51. The van der Waals surface area contributed by atoms with Gasteiger partial charge in [-0.2, -0.15) is 0 Å². The normalized spacial score (nSPS) is 13.6. The van der Waals surface area contributed by atoms with Gasteiger partial charge >= 0.3 is 0 Å². The molecule has 4 rings (SSSR count). The van der Waals surface area contributed by atoms with Crippen LogP contribution in [-0.2, 0) is 11.3 Å². The van der Waals surface area contributed by atoms with Gasteiger partial charge in [-0.25, -0.2) is 0 Å². The van der Waals surface area contributed by atoms with Gasteiger partial charge in [-0.3, -0.25) is 19.0 Å². The van der Waals surface area contributed by atoms with Crippen LogP contribution in [0.1, 0.15) is 23.2 Å². The molecule has 1 aliphatic rings. The first kappa shape index (κ1) is 19.2. The number of likely N-dealkylation sites (tertiary alicyclic amines) is 1. The number of rotatable bonds is 4. The predicted octanol–water partition coefficient (Wildman–Crippen LogP) is 3.53. The first-order valence-corrected chi connectivity index (χ1v) is 9.88. The molecule has 29 heavy (non-hydrogen) atoms. The van der Waals surface area contributed by atoms with Crippen molar-refractivity contribution >= 4 is 40.0 Å². The van der Waals surface area contributed by atoms with E-state index in [-0.39, 0.29) is 23.9 Å². The van der Waals surface area contributed by atoms with Crippen LogP contribution >= 0.6 is 11.6 Å². The maximum absolute atomic E-state index is 12.9. The van der Waals surface area contributed by atoms with Gasteiger partial charge in [-0.1, -0.05) is 41.9 Å². The van der Waals surface area contributed by atoms with Crippen molar-refractivity contribution < 1.29 is 9.59 Å². The Morgan fingerprint density at radius 2 is 1.69 bits per heavy atom. The Balaban J connectivity index is 1.68. The number of nitrogens with zero attached hydrogens (tertiary/aromatic N) is 2. The molecule has 0 saturated carbocycles. The van der Waals surface area contributed by atoms with Gasteiger partial charge in [0.2, 0.25) is 5.91 Å². The summed E-state index contributed by atoms with van der Waals surface area (Å²) >= 11 is 6.09. The fraction of sp³-hybridized carbons (Fsp3) is 0.227. The summed E-state index contributed by atoms with van der Waals surface area (Å²) in [6.07, 6.45) is 1.95. The van der Waals surface area contributed by atoms with Crippen molar-refractivity contribution in [2.45, 2.75) is 19.4 Å². The average Bonchev–Trinajstić information content (AvgIpc) is 3.26. The fourth-order valence-electron chi connectivity index (χ4n) is 3.66. The van der Waals surface area contributed by atoms with Gasteiger partial charge < -0.3 is 10.2 Å². The third-order valence-corrected chi connectivity index (χ3v) is 5.42. The summed E-state index contributed by atoms with van der Waals surface area (Å²) in [5.41, 5.74) is 1.03. The van der Waals surface area contributed by atoms with Crippen molar-refractivity contribution in [2.75, 3.05) is 18.4 Å². The molecular weight excluding hydrogens is 390 g/mol. The molecule has 1 aliphatic heterocycles. The molecule has 0 spiro atoms. The second-order valence-electron chi connectivity index (χ2n) is 7.03. The molecule has 0 unspecified atom stereocenters. The molecule has 2 amide bonds. The van der Waals surface area contributed by atoms with E-state index in [1.807, 2.05) is 6.07 Å². The smallest absolute Gasteiger partial charge is 0.254 e. The Kier molecular flexibility index (Phi) is 5.36. The lowest BCUT2D eigenvalue weighted by atomic mass is 10.1. The van der Waals surface area contributed by atoms with Crippen LogP contribution < -0.4 is 10.9 Å². The van der Waals surface area contributed by atoms with E-state index in [4.69, 9.17) is 11.6 Å². The second-order valence-corrected chi connectivity index (χ2v) is 7.43. The Labute approximate surface area is 172 Å². The fourth-order valence-corrected chi connectivity index (χ4v) is 3.84. The highest BCUT2D eigenvalue weighted by molar-refractivity contribution is 6.33. The topological polar surface area (TPSA) is 71.4 Å². The maximum atomic E-state index is 12.9. The lowest BCUT2D eigenvalue weighted by Crippen LogP contribution is -2.32. The van der Waals surface area contributed by atoms with E-state index in [0.717, 1.165) is 12.8 Å². The van der Waals surface area contributed by atoms with Gasteiger partial charge in [-0.15, -0.1) is 0 Å². The first-order chi connectivity index (χ1) is 14.0. The Morgan fingerprint density at radius 1 is 1.00 bits per heavy atom.